The van der Waals surface area contributed by atoms with Crippen molar-refractivity contribution in [1.82, 2.24) is 9.80 Å². The zero-order chi connectivity index (χ0) is 18.5. The molecule has 1 aliphatic rings. The molecule has 5 nitrogen and oxygen atoms in total. The van der Waals surface area contributed by atoms with Crippen LogP contribution in [0.15, 0.2) is 54.6 Å². The molecule has 0 radical (unpaired) electrons. The number of carbonyl (C=O) groups is 2. The first-order chi connectivity index (χ1) is 12.6. The standard InChI is InChI=1S/C20H22ClN3O2/c21-17-9-7-16(8-10-17)19(25)23-11-4-12-24(14-13-23)20(26)18(22)15-5-2-1-3-6-15/h1-3,5-10,18H,4,11-14,22H2. The molecule has 136 valence electrons. The fourth-order valence-electron chi connectivity index (χ4n) is 3.12. The number of halogens is 1. The number of carbonyl (C=O) groups excluding carboxylic acids is 2. The fourth-order valence-corrected chi connectivity index (χ4v) is 3.24. The Morgan fingerprint density at radius 2 is 1.50 bits per heavy atom. The molecule has 0 bridgehead atoms. The van der Waals surface area contributed by atoms with Crippen molar-refractivity contribution < 1.29 is 9.59 Å². The molecule has 2 aromatic rings. The molecule has 2 N–H and O–H groups in total. The summed E-state index contributed by atoms with van der Waals surface area (Å²) in [6.07, 6.45) is 0.729. The summed E-state index contributed by atoms with van der Waals surface area (Å²) in [6, 6.07) is 15.6. The molecule has 1 atom stereocenters. The van der Waals surface area contributed by atoms with E-state index in [1.165, 1.54) is 0 Å². The van der Waals surface area contributed by atoms with Crippen molar-refractivity contribution in [2.24, 2.45) is 5.73 Å². The monoisotopic (exact) mass is 371 g/mol. The van der Waals surface area contributed by atoms with Crippen LogP contribution in [0.4, 0.5) is 0 Å². The fraction of sp³-hybridized carbons (Fsp3) is 0.300. The van der Waals surface area contributed by atoms with Gasteiger partial charge in [-0.1, -0.05) is 41.9 Å². The van der Waals surface area contributed by atoms with E-state index in [1.807, 2.05) is 30.3 Å². The zero-order valence-electron chi connectivity index (χ0n) is 14.5. The number of benzene rings is 2. The van der Waals surface area contributed by atoms with Crippen LogP contribution in [0.25, 0.3) is 0 Å². The molecule has 26 heavy (non-hydrogen) atoms. The topological polar surface area (TPSA) is 66.6 Å². The van der Waals surface area contributed by atoms with E-state index in [9.17, 15) is 9.59 Å². The minimum Gasteiger partial charge on any atom is -0.339 e. The molecule has 1 aliphatic heterocycles. The highest BCUT2D eigenvalue weighted by Gasteiger charge is 2.26. The molecule has 1 heterocycles. The predicted molar refractivity (Wildman–Crippen MR) is 102 cm³/mol. The predicted octanol–water partition coefficient (Wildman–Crippen LogP) is 2.71. The molecule has 1 fully saturated rings. The van der Waals surface area contributed by atoms with E-state index in [4.69, 9.17) is 17.3 Å². The molecule has 6 heteroatoms. The highest BCUT2D eigenvalue weighted by molar-refractivity contribution is 6.30. The molecule has 2 amide bonds. The van der Waals surface area contributed by atoms with Gasteiger partial charge in [-0.05, 0) is 36.2 Å². The highest BCUT2D eigenvalue weighted by atomic mass is 35.5. The van der Waals surface area contributed by atoms with Gasteiger partial charge in [-0.2, -0.15) is 0 Å². The largest absolute Gasteiger partial charge is 0.339 e. The Labute approximate surface area is 158 Å². The maximum atomic E-state index is 12.7. The Morgan fingerprint density at radius 3 is 2.19 bits per heavy atom. The van der Waals surface area contributed by atoms with E-state index < -0.39 is 6.04 Å². The lowest BCUT2D eigenvalue weighted by atomic mass is 10.1. The van der Waals surface area contributed by atoms with Crippen LogP contribution in [-0.2, 0) is 4.79 Å². The van der Waals surface area contributed by atoms with Crippen molar-refractivity contribution in [2.75, 3.05) is 26.2 Å². The van der Waals surface area contributed by atoms with Crippen molar-refractivity contribution in [1.29, 1.82) is 0 Å². The summed E-state index contributed by atoms with van der Waals surface area (Å²) in [5.41, 5.74) is 7.54. The van der Waals surface area contributed by atoms with Crippen LogP contribution in [0, 0.1) is 0 Å². The van der Waals surface area contributed by atoms with Crippen molar-refractivity contribution in [3.8, 4) is 0 Å². The number of nitrogens with zero attached hydrogens (tertiary/aromatic N) is 2. The quantitative estimate of drug-likeness (QED) is 0.902. The van der Waals surface area contributed by atoms with Crippen LogP contribution >= 0.6 is 11.6 Å². The summed E-state index contributed by atoms with van der Waals surface area (Å²) in [4.78, 5) is 28.9. The van der Waals surface area contributed by atoms with Gasteiger partial charge in [-0.15, -0.1) is 0 Å². The minimum atomic E-state index is -0.672. The number of amides is 2. The SMILES string of the molecule is NC(C(=O)N1CCCN(C(=O)c2ccc(Cl)cc2)CC1)c1ccccc1. The van der Waals surface area contributed by atoms with Crippen molar-refractivity contribution >= 4 is 23.4 Å². The van der Waals surface area contributed by atoms with Gasteiger partial charge < -0.3 is 15.5 Å². The molecule has 0 saturated carbocycles. The van der Waals surface area contributed by atoms with Crippen molar-refractivity contribution in [3.63, 3.8) is 0 Å². The smallest absolute Gasteiger partial charge is 0.253 e. The van der Waals surface area contributed by atoms with Gasteiger partial charge in [0.25, 0.3) is 5.91 Å². The molecule has 0 aliphatic carbocycles. The van der Waals surface area contributed by atoms with Crippen LogP contribution in [0.2, 0.25) is 5.02 Å². The van der Waals surface area contributed by atoms with E-state index >= 15 is 0 Å². The second-order valence-corrected chi connectivity index (χ2v) is 6.80. The third kappa shape index (κ3) is 4.23. The summed E-state index contributed by atoms with van der Waals surface area (Å²) in [6.45, 7) is 2.20. The van der Waals surface area contributed by atoms with Gasteiger partial charge in [-0.25, -0.2) is 0 Å². The summed E-state index contributed by atoms with van der Waals surface area (Å²) >= 11 is 5.88. The van der Waals surface area contributed by atoms with Gasteiger partial charge in [0.1, 0.15) is 6.04 Å². The average molecular weight is 372 g/mol. The second-order valence-electron chi connectivity index (χ2n) is 6.37. The number of rotatable bonds is 3. The lowest BCUT2D eigenvalue weighted by Gasteiger charge is -2.25. The average Bonchev–Trinajstić information content (AvgIpc) is 2.94. The molecule has 1 unspecified atom stereocenters. The number of nitrogens with two attached hydrogens (primary N) is 1. The van der Waals surface area contributed by atoms with E-state index in [2.05, 4.69) is 0 Å². The number of hydrogen-bond acceptors (Lipinski definition) is 3. The lowest BCUT2D eigenvalue weighted by Crippen LogP contribution is -2.41. The first-order valence-corrected chi connectivity index (χ1v) is 9.08. The van der Waals surface area contributed by atoms with Crippen LogP contribution in [-0.4, -0.2) is 47.8 Å². The normalized spacial score (nSPS) is 16.1. The molecular formula is C20H22ClN3O2. The van der Waals surface area contributed by atoms with Gasteiger partial charge in [0.15, 0.2) is 0 Å². The van der Waals surface area contributed by atoms with E-state index in [0.717, 1.165) is 12.0 Å². The van der Waals surface area contributed by atoms with Gasteiger partial charge in [0.05, 0.1) is 0 Å². The molecule has 0 spiro atoms. The van der Waals surface area contributed by atoms with E-state index in [-0.39, 0.29) is 11.8 Å². The van der Waals surface area contributed by atoms with Crippen LogP contribution in [0.3, 0.4) is 0 Å². The third-order valence-corrected chi connectivity index (χ3v) is 4.86. The third-order valence-electron chi connectivity index (χ3n) is 4.61. The van der Waals surface area contributed by atoms with Crippen molar-refractivity contribution in [3.05, 3.63) is 70.7 Å². The van der Waals surface area contributed by atoms with Gasteiger partial charge in [0, 0.05) is 36.8 Å². The molecular weight excluding hydrogens is 350 g/mol. The second kappa shape index (κ2) is 8.34. The maximum absolute atomic E-state index is 12.7. The van der Waals surface area contributed by atoms with Crippen LogP contribution in [0.5, 0.6) is 0 Å². The van der Waals surface area contributed by atoms with E-state index in [0.29, 0.717) is 36.8 Å². The Hall–Kier alpha value is -2.37. The molecule has 3 rings (SSSR count). The zero-order valence-corrected chi connectivity index (χ0v) is 15.2. The highest BCUT2D eigenvalue weighted by Crippen LogP contribution is 2.16. The Kier molecular flexibility index (Phi) is 5.91. The summed E-state index contributed by atoms with van der Waals surface area (Å²) in [5, 5.41) is 0.601. The maximum Gasteiger partial charge on any atom is 0.253 e. The van der Waals surface area contributed by atoms with Gasteiger partial charge in [0.2, 0.25) is 5.91 Å². The summed E-state index contributed by atoms with van der Waals surface area (Å²) < 4.78 is 0. The first-order valence-electron chi connectivity index (χ1n) is 8.70. The molecule has 1 saturated heterocycles. The number of hydrogen-bond donors (Lipinski definition) is 1. The van der Waals surface area contributed by atoms with Gasteiger partial charge >= 0.3 is 0 Å². The Morgan fingerprint density at radius 1 is 0.885 bits per heavy atom. The molecule has 0 aromatic heterocycles. The lowest BCUT2D eigenvalue weighted by molar-refractivity contribution is -0.132. The first kappa shape index (κ1) is 18.4. The Bertz CT molecular complexity index is 764. The van der Waals surface area contributed by atoms with Crippen LogP contribution in [0.1, 0.15) is 28.4 Å². The van der Waals surface area contributed by atoms with Crippen molar-refractivity contribution in [2.45, 2.75) is 12.5 Å². The Balaban J connectivity index is 1.63. The summed E-state index contributed by atoms with van der Waals surface area (Å²) in [5.74, 6) is -0.139. The molecule has 2 aromatic carbocycles. The van der Waals surface area contributed by atoms with E-state index in [1.54, 1.807) is 34.1 Å². The van der Waals surface area contributed by atoms with Crippen LogP contribution < -0.4 is 5.73 Å². The van der Waals surface area contributed by atoms with Gasteiger partial charge in [-0.3, -0.25) is 9.59 Å². The minimum absolute atomic E-state index is 0.0386. The summed E-state index contributed by atoms with van der Waals surface area (Å²) in [7, 11) is 0.